The predicted octanol–water partition coefficient (Wildman–Crippen LogP) is 3.09. The molecule has 0 unspecified atom stereocenters. The van der Waals surface area contributed by atoms with Crippen molar-refractivity contribution in [1.29, 1.82) is 0 Å². The Morgan fingerprint density at radius 3 is 2.57 bits per heavy atom. The van der Waals surface area contributed by atoms with Crippen LogP contribution in [0.3, 0.4) is 0 Å². The highest BCUT2D eigenvalue weighted by Gasteiger charge is 2.28. The topological polar surface area (TPSA) is 105 Å². The molecular formula is C27H35FN4O3. The molecule has 8 heteroatoms. The van der Waals surface area contributed by atoms with Gasteiger partial charge in [-0.05, 0) is 68.0 Å². The smallest absolute Gasteiger partial charge is 0.251 e. The van der Waals surface area contributed by atoms with Crippen molar-refractivity contribution in [2.24, 2.45) is 11.7 Å². The molecule has 188 valence electrons. The van der Waals surface area contributed by atoms with E-state index in [1.807, 2.05) is 26.8 Å². The Kier molecular flexibility index (Phi) is 8.84. The minimum atomic E-state index is -0.723. The van der Waals surface area contributed by atoms with E-state index in [1.54, 1.807) is 24.3 Å². The van der Waals surface area contributed by atoms with Gasteiger partial charge in [-0.2, -0.15) is 0 Å². The average molecular weight is 483 g/mol. The van der Waals surface area contributed by atoms with E-state index < -0.39 is 11.9 Å². The van der Waals surface area contributed by atoms with Crippen molar-refractivity contribution >= 4 is 23.4 Å². The van der Waals surface area contributed by atoms with E-state index in [9.17, 15) is 18.8 Å². The molecule has 0 aliphatic carbocycles. The number of rotatable bonds is 11. The summed E-state index contributed by atoms with van der Waals surface area (Å²) >= 11 is 0. The van der Waals surface area contributed by atoms with Gasteiger partial charge in [0.15, 0.2) is 0 Å². The first kappa shape index (κ1) is 26.2. The number of fused-ring (bicyclic) bond motifs is 1. The molecule has 0 bridgehead atoms. The van der Waals surface area contributed by atoms with Gasteiger partial charge in [0.25, 0.3) is 5.91 Å². The highest BCUT2D eigenvalue weighted by Crippen LogP contribution is 2.28. The molecule has 0 saturated heterocycles. The molecule has 0 fully saturated rings. The number of hydrogen-bond acceptors (Lipinski definition) is 4. The summed E-state index contributed by atoms with van der Waals surface area (Å²) in [7, 11) is 0. The number of primary amides is 1. The van der Waals surface area contributed by atoms with Crippen LogP contribution in [0.15, 0.2) is 42.5 Å². The lowest BCUT2D eigenvalue weighted by atomic mass is 10.0. The number of nitrogens with zero attached hydrogens (tertiary/aromatic N) is 1. The van der Waals surface area contributed by atoms with Crippen LogP contribution in [0.2, 0.25) is 0 Å². The lowest BCUT2D eigenvalue weighted by Gasteiger charge is -2.29. The summed E-state index contributed by atoms with van der Waals surface area (Å²) in [6.45, 7) is 7.04. The summed E-state index contributed by atoms with van der Waals surface area (Å²) in [5.74, 6) is -1.15. The fourth-order valence-corrected chi connectivity index (χ4v) is 4.45. The second kappa shape index (κ2) is 11.8. The van der Waals surface area contributed by atoms with Gasteiger partial charge in [0.2, 0.25) is 11.8 Å². The fraction of sp³-hybridized carbons (Fsp3) is 0.444. The number of nitrogens with one attached hydrogen (secondary N) is 2. The number of nitrogens with two attached hydrogens (primary N) is 1. The first-order chi connectivity index (χ1) is 16.6. The molecule has 2 aromatic rings. The van der Waals surface area contributed by atoms with Crippen molar-refractivity contribution in [3.05, 3.63) is 65.0 Å². The largest absolute Gasteiger partial charge is 0.370 e. The number of carbonyl (C=O) groups excluding carboxylic acids is 3. The van der Waals surface area contributed by atoms with E-state index in [0.29, 0.717) is 37.9 Å². The minimum Gasteiger partial charge on any atom is -0.370 e. The number of anilines is 1. The van der Waals surface area contributed by atoms with Crippen molar-refractivity contribution in [2.45, 2.75) is 58.5 Å². The Balaban J connectivity index is 1.73. The third-order valence-corrected chi connectivity index (χ3v) is 6.17. The number of amides is 3. The highest BCUT2D eigenvalue weighted by atomic mass is 19.1. The monoisotopic (exact) mass is 482 g/mol. The molecule has 3 amide bonds. The first-order valence-electron chi connectivity index (χ1n) is 12.1. The standard InChI is InChI=1S/C27H35FN4O3/c1-17(2)13-23(31-26(34)20-6-4-5-18(3)14-20)27(35)30-22(8-10-25(29)33)16-32-12-11-19-15-21(28)7-9-24(19)32/h4-7,9,14-15,17,22-23H,8,10-13,16H2,1-3H3,(H2,29,33)(H,30,35)(H,31,34)/t22-,23-/m0/s1. The van der Waals surface area contributed by atoms with Gasteiger partial charge in [-0.15, -0.1) is 0 Å². The third kappa shape index (κ3) is 7.53. The molecule has 4 N–H and O–H groups in total. The molecule has 1 heterocycles. The van der Waals surface area contributed by atoms with E-state index in [-0.39, 0.29) is 36.0 Å². The third-order valence-electron chi connectivity index (χ3n) is 6.17. The molecule has 0 spiro atoms. The molecule has 3 rings (SSSR count). The van der Waals surface area contributed by atoms with Crippen LogP contribution in [0.5, 0.6) is 0 Å². The predicted molar refractivity (Wildman–Crippen MR) is 135 cm³/mol. The van der Waals surface area contributed by atoms with E-state index in [4.69, 9.17) is 5.73 Å². The van der Waals surface area contributed by atoms with Crippen LogP contribution in [0.25, 0.3) is 0 Å². The molecule has 1 aliphatic rings. The molecule has 7 nitrogen and oxygen atoms in total. The summed E-state index contributed by atoms with van der Waals surface area (Å²) in [6, 6.07) is 10.8. The van der Waals surface area contributed by atoms with Crippen LogP contribution in [0, 0.1) is 18.7 Å². The van der Waals surface area contributed by atoms with Gasteiger partial charge in [-0.1, -0.05) is 31.5 Å². The van der Waals surface area contributed by atoms with Crippen LogP contribution < -0.4 is 21.3 Å². The lowest BCUT2D eigenvalue weighted by molar-refractivity contribution is -0.124. The molecule has 2 atom stereocenters. The quantitative estimate of drug-likeness (QED) is 0.458. The van der Waals surface area contributed by atoms with Crippen molar-refractivity contribution in [1.82, 2.24) is 10.6 Å². The van der Waals surface area contributed by atoms with Gasteiger partial charge in [-0.3, -0.25) is 14.4 Å². The second-order valence-electron chi connectivity index (χ2n) is 9.70. The highest BCUT2D eigenvalue weighted by molar-refractivity contribution is 5.97. The van der Waals surface area contributed by atoms with Gasteiger partial charge in [0.1, 0.15) is 11.9 Å². The van der Waals surface area contributed by atoms with Crippen LogP contribution >= 0.6 is 0 Å². The maximum absolute atomic E-state index is 13.6. The molecule has 0 aromatic heterocycles. The Labute approximate surface area is 206 Å². The summed E-state index contributed by atoms with van der Waals surface area (Å²) in [5.41, 5.74) is 8.68. The second-order valence-corrected chi connectivity index (χ2v) is 9.70. The lowest BCUT2D eigenvalue weighted by Crippen LogP contribution is -2.52. The van der Waals surface area contributed by atoms with Crippen molar-refractivity contribution in [3.8, 4) is 0 Å². The first-order valence-corrected chi connectivity index (χ1v) is 12.1. The normalized spacial score (nSPS) is 14.4. The maximum atomic E-state index is 13.6. The van der Waals surface area contributed by atoms with Crippen LogP contribution in [-0.4, -0.2) is 42.9 Å². The number of carbonyl (C=O) groups is 3. The van der Waals surface area contributed by atoms with E-state index in [0.717, 1.165) is 16.8 Å². The molecular weight excluding hydrogens is 447 g/mol. The SMILES string of the molecule is Cc1cccc(C(=O)N[C@@H](CC(C)C)C(=O)N[C@@H](CCC(N)=O)CN2CCc3cc(F)ccc32)c1. The van der Waals surface area contributed by atoms with Crippen molar-refractivity contribution < 1.29 is 18.8 Å². The average Bonchev–Trinajstić information content (AvgIpc) is 3.18. The molecule has 1 aliphatic heterocycles. The number of aryl methyl sites for hydroxylation is 1. The Morgan fingerprint density at radius 2 is 1.89 bits per heavy atom. The van der Waals surface area contributed by atoms with Gasteiger partial charge in [0, 0.05) is 36.8 Å². The van der Waals surface area contributed by atoms with Crippen LogP contribution in [0.1, 0.15) is 54.6 Å². The van der Waals surface area contributed by atoms with Crippen molar-refractivity contribution in [3.63, 3.8) is 0 Å². The zero-order chi connectivity index (χ0) is 25.5. The van der Waals surface area contributed by atoms with E-state index >= 15 is 0 Å². The molecule has 0 radical (unpaired) electrons. The Hall–Kier alpha value is -3.42. The summed E-state index contributed by atoms with van der Waals surface area (Å²) in [4.78, 5) is 39.7. The minimum absolute atomic E-state index is 0.125. The van der Waals surface area contributed by atoms with E-state index in [1.165, 1.54) is 12.1 Å². The van der Waals surface area contributed by atoms with Gasteiger partial charge in [-0.25, -0.2) is 4.39 Å². The fourth-order valence-electron chi connectivity index (χ4n) is 4.45. The summed E-state index contributed by atoms with van der Waals surface area (Å²) in [5, 5.41) is 5.92. The van der Waals surface area contributed by atoms with Crippen LogP contribution in [-0.2, 0) is 16.0 Å². The molecule has 2 aromatic carbocycles. The number of hydrogen-bond donors (Lipinski definition) is 3. The van der Waals surface area contributed by atoms with Crippen LogP contribution in [0.4, 0.5) is 10.1 Å². The molecule has 35 heavy (non-hydrogen) atoms. The zero-order valence-electron chi connectivity index (χ0n) is 20.6. The van der Waals surface area contributed by atoms with Crippen molar-refractivity contribution in [2.75, 3.05) is 18.0 Å². The molecule has 0 saturated carbocycles. The maximum Gasteiger partial charge on any atom is 0.251 e. The van der Waals surface area contributed by atoms with E-state index in [2.05, 4.69) is 15.5 Å². The number of halogens is 1. The van der Waals surface area contributed by atoms with Gasteiger partial charge in [0.05, 0.1) is 0 Å². The van der Waals surface area contributed by atoms with Gasteiger partial charge >= 0.3 is 0 Å². The summed E-state index contributed by atoms with van der Waals surface area (Å²) < 4.78 is 13.6. The Bertz CT molecular complexity index is 1070. The van der Waals surface area contributed by atoms with Gasteiger partial charge < -0.3 is 21.3 Å². The summed E-state index contributed by atoms with van der Waals surface area (Å²) in [6.07, 6.45) is 1.68. The number of benzene rings is 2. The Morgan fingerprint density at radius 1 is 1.11 bits per heavy atom. The zero-order valence-corrected chi connectivity index (χ0v) is 20.6.